The van der Waals surface area contributed by atoms with Crippen molar-refractivity contribution in [3.05, 3.63) is 36.0 Å². The van der Waals surface area contributed by atoms with Gasteiger partial charge in [-0.3, -0.25) is 4.79 Å². The van der Waals surface area contributed by atoms with E-state index in [2.05, 4.69) is 51.7 Å². The first-order valence-electron chi connectivity index (χ1n) is 10.8. The first-order valence-corrected chi connectivity index (χ1v) is 10.8. The summed E-state index contributed by atoms with van der Waals surface area (Å²) in [5.41, 5.74) is 2.49. The van der Waals surface area contributed by atoms with Crippen molar-refractivity contribution in [2.75, 3.05) is 26.2 Å². The van der Waals surface area contributed by atoms with Crippen LogP contribution in [0.5, 0.6) is 0 Å². The Morgan fingerprint density at radius 3 is 2.56 bits per heavy atom. The molecule has 146 valence electrons. The molecule has 4 rings (SSSR count). The van der Waals surface area contributed by atoms with Gasteiger partial charge in [-0.25, -0.2) is 0 Å². The number of benzene rings is 1. The monoisotopic (exact) mass is 367 g/mol. The lowest BCUT2D eigenvalue weighted by atomic mass is 9.88. The summed E-state index contributed by atoms with van der Waals surface area (Å²) in [7, 11) is 2.13. The Balaban J connectivity index is 1.51. The summed E-state index contributed by atoms with van der Waals surface area (Å²) < 4.78 is 2.26. The Hall–Kier alpha value is -1.81. The molecule has 0 atom stereocenters. The molecule has 1 amide bonds. The van der Waals surface area contributed by atoms with Gasteiger partial charge in [-0.1, -0.05) is 37.5 Å². The fraction of sp³-hybridized carbons (Fsp3) is 0.609. The van der Waals surface area contributed by atoms with E-state index in [9.17, 15) is 4.79 Å². The van der Waals surface area contributed by atoms with E-state index in [0.717, 1.165) is 32.5 Å². The molecule has 27 heavy (non-hydrogen) atoms. The fourth-order valence-corrected chi connectivity index (χ4v) is 4.84. The van der Waals surface area contributed by atoms with Gasteiger partial charge in [0, 0.05) is 37.3 Å². The molecule has 1 saturated carbocycles. The van der Waals surface area contributed by atoms with Crippen molar-refractivity contribution in [2.45, 2.75) is 51.5 Å². The number of likely N-dealkylation sites (tertiary alicyclic amines) is 1. The van der Waals surface area contributed by atoms with Crippen molar-refractivity contribution in [1.29, 1.82) is 0 Å². The number of para-hydroxylation sites is 1. The normalized spacial score (nSPS) is 19.0. The molecular weight excluding hydrogens is 334 g/mol. The fourth-order valence-electron chi connectivity index (χ4n) is 4.84. The zero-order valence-electron chi connectivity index (χ0n) is 16.7. The minimum Gasteiger partial charge on any atom is -0.346 e. The molecule has 1 aliphatic heterocycles. The molecule has 2 aliphatic rings. The number of carbonyl (C=O) groups excluding carboxylic acids is 1. The standard InChI is InChI=1S/C23H33N3O/c1-24-21(17-20-11-5-6-12-22(20)24)18-26(16-15-25-13-7-8-14-25)23(27)19-9-3-2-4-10-19/h5-6,11-12,17,19H,2-4,7-10,13-16,18H2,1H3. The van der Waals surface area contributed by atoms with Crippen molar-refractivity contribution in [3.8, 4) is 0 Å². The zero-order valence-corrected chi connectivity index (χ0v) is 16.7. The number of hydrogen-bond acceptors (Lipinski definition) is 2. The summed E-state index contributed by atoms with van der Waals surface area (Å²) in [5.74, 6) is 0.631. The van der Waals surface area contributed by atoms with Gasteiger partial charge in [-0.2, -0.15) is 0 Å². The van der Waals surface area contributed by atoms with E-state index in [1.54, 1.807) is 0 Å². The van der Waals surface area contributed by atoms with E-state index in [1.807, 2.05) is 0 Å². The van der Waals surface area contributed by atoms with E-state index >= 15 is 0 Å². The van der Waals surface area contributed by atoms with E-state index in [1.165, 1.54) is 61.8 Å². The molecule has 2 heterocycles. The lowest BCUT2D eigenvalue weighted by Gasteiger charge is -2.31. The quantitative estimate of drug-likeness (QED) is 0.766. The van der Waals surface area contributed by atoms with Gasteiger partial charge in [-0.15, -0.1) is 0 Å². The van der Waals surface area contributed by atoms with Crippen LogP contribution in [0.1, 0.15) is 50.6 Å². The average Bonchev–Trinajstić information content (AvgIpc) is 3.34. The Morgan fingerprint density at radius 1 is 1.07 bits per heavy atom. The lowest BCUT2D eigenvalue weighted by molar-refractivity contribution is -0.137. The Bertz CT molecular complexity index is 769. The highest BCUT2D eigenvalue weighted by atomic mass is 16.2. The van der Waals surface area contributed by atoms with Crippen LogP contribution in [0.2, 0.25) is 0 Å². The minimum absolute atomic E-state index is 0.243. The van der Waals surface area contributed by atoms with Gasteiger partial charge < -0.3 is 14.4 Å². The number of nitrogens with zero attached hydrogens (tertiary/aromatic N) is 3. The van der Waals surface area contributed by atoms with Crippen molar-refractivity contribution >= 4 is 16.8 Å². The van der Waals surface area contributed by atoms with E-state index in [-0.39, 0.29) is 5.92 Å². The molecule has 4 nitrogen and oxygen atoms in total. The molecule has 0 bridgehead atoms. The third-order valence-corrected chi connectivity index (χ3v) is 6.55. The van der Waals surface area contributed by atoms with Crippen LogP contribution >= 0.6 is 0 Å². The average molecular weight is 368 g/mol. The molecule has 1 aliphatic carbocycles. The molecule has 1 aromatic heterocycles. The van der Waals surface area contributed by atoms with Crippen molar-refractivity contribution in [2.24, 2.45) is 13.0 Å². The van der Waals surface area contributed by atoms with Crippen LogP contribution in [0.3, 0.4) is 0 Å². The Labute approximate surface area is 163 Å². The van der Waals surface area contributed by atoms with Gasteiger partial charge >= 0.3 is 0 Å². The molecular formula is C23H33N3O. The Morgan fingerprint density at radius 2 is 1.81 bits per heavy atom. The Kier molecular flexibility index (Phi) is 5.82. The minimum atomic E-state index is 0.243. The second kappa shape index (κ2) is 8.47. The molecule has 4 heteroatoms. The molecule has 2 aromatic rings. The van der Waals surface area contributed by atoms with Crippen molar-refractivity contribution in [3.63, 3.8) is 0 Å². The smallest absolute Gasteiger partial charge is 0.226 e. The van der Waals surface area contributed by atoms with Crippen LogP contribution in [0.4, 0.5) is 0 Å². The molecule has 0 spiro atoms. The maximum Gasteiger partial charge on any atom is 0.226 e. The van der Waals surface area contributed by atoms with Crippen LogP contribution in [-0.4, -0.2) is 46.5 Å². The topological polar surface area (TPSA) is 28.5 Å². The van der Waals surface area contributed by atoms with Crippen molar-refractivity contribution < 1.29 is 4.79 Å². The summed E-state index contributed by atoms with van der Waals surface area (Å²) in [6.45, 7) is 4.99. The van der Waals surface area contributed by atoms with Gasteiger partial charge in [0.2, 0.25) is 5.91 Å². The molecule has 0 N–H and O–H groups in total. The molecule has 0 unspecified atom stereocenters. The second-order valence-electron chi connectivity index (χ2n) is 8.40. The SMILES string of the molecule is Cn1c(CN(CCN2CCCC2)C(=O)C2CCCCC2)cc2ccccc21. The maximum atomic E-state index is 13.3. The highest BCUT2D eigenvalue weighted by Crippen LogP contribution is 2.27. The highest BCUT2D eigenvalue weighted by molar-refractivity contribution is 5.82. The van der Waals surface area contributed by atoms with Gasteiger partial charge in [0.25, 0.3) is 0 Å². The molecule has 1 aromatic carbocycles. The van der Waals surface area contributed by atoms with Crippen LogP contribution < -0.4 is 0 Å². The van der Waals surface area contributed by atoms with Gasteiger partial charge in [0.1, 0.15) is 0 Å². The third kappa shape index (κ3) is 4.21. The number of rotatable bonds is 6. The van der Waals surface area contributed by atoms with Gasteiger partial charge in [-0.05, 0) is 56.3 Å². The second-order valence-corrected chi connectivity index (χ2v) is 8.40. The molecule has 2 fully saturated rings. The molecule has 1 saturated heterocycles. The van der Waals surface area contributed by atoms with E-state index < -0.39 is 0 Å². The predicted molar refractivity (Wildman–Crippen MR) is 111 cm³/mol. The van der Waals surface area contributed by atoms with Gasteiger partial charge in [0.15, 0.2) is 0 Å². The number of carbonyl (C=O) groups is 1. The van der Waals surface area contributed by atoms with Gasteiger partial charge in [0.05, 0.1) is 6.54 Å². The van der Waals surface area contributed by atoms with Crippen LogP contribution in [0.25, 0.3) is 10.9 Å². The number of hydrogen-bond donors (Lipinski definition) is 0. The summed E-state index contributed by atoms with van der Waals surface area (Å²) in [5, 5.41) is 1.26. The summed E-state index contributed by atoms with van der Waals surface area (Å²) >= 11 is 0. The summed E-state index contributed by atoms with van der Waals surface area (Å²) in [6.07, 6.45) is 8.48. The largest absolute Gasteiger partial charge is 0.346 e. The number of amides is 1. The van der Waals surface area contributed by atoms with Crippen LogP contribution in [-0.2, 0) is 18.4 Å². The predicted octanol–water partition coefficient (Wildman–Crippen LogP) is 4.18. The third-order valence-electron chi connectivity index (χ3n) is 6.55. The number of aromatic nitrogens is 1. The number of fused-ring (bicyclic) bond motifs is 1. The van der Waals surface area contributed by atoms with Crippen molar-refractivity contribution in [1.82, 2.24) is 14.4 Å². The van der Waals surface area contributed by atoms with Crippen LogP contribution in [0, 0.1) is 5.92 Å². The lowest BCUT2D eigenvalue weighted by Crippen LogP contribution is -2.41. The zero-order chi connectivity index (χ0) is 18.6. The van der Waals surface area contributed by atoms with E-state index in [0.29, 0.717) is 5.91 Å². The van der Waals surface area contributed by atoms with Crippen LogP contribution in [0.15, 0.2) is 30.3 Å². The summed E-state index contributed by atoms with van der Waals surface area (Å²) in [4.78, 5) is 18.0. The summed E-state index contributed by atoms with van der Waals surface area (Å²) in [6, 6.07) is 10.8. The van der Waals surface area contributed by atoms with E-state index in [4.69, 9.17) is 0 Å². The number of aryl methyl sites for hydroxylation is 1. The first kappa shape index (κ1) is 18.5. The maximum absolute atomic E-state index is 13.3. The highest BCUT2D eigenvalue weighted by Gasteiger charge is 2.27. The first-order chi connectivity index (χ1) is 13.2. The molecule has 0 radical (unpaired) electrons.